The number of aromatic hydroxyl groups is 1. The van der Waals surface area contributed by atoms with Crippen LogP contribution in [0.2, 0.25) is 5.02 Å². The first-order chi connectivity index (χ1) is 26.4. The summed E-state index contributed by atoms with van der Waals surface area (Å²) in [6.45, 7) is 5.18. The molecule has 1 atom stereocenters. The van der Waals surface area contributed by atoms with Crippen LogP contribution in [0.25, 0.3) is 11.3 Å². The number of fused-ring (bicyclic) bond motifs is 2. The summed E-state index contributed by atoms with van der Waals surface area (Å²) in [5.41, 5.74) is 7.71. The van der Waals surface area contributed by atoms with Gasteiger partial charge in [0.2, 0.25) is 0 Å². The maximum atomic E-state index is 15.0. The second-order valence-electron chi connectivity index (χ2n) is 14.3. The van der Waals surface area contributed by atoms with Gasteiger partial charge in [0.25, 0.3) is 11.8 Å². The monoisotopic (exact) mass is 739 g/mol. The second-order valence-corrected chi connectivity index (χ2v) is 14.8. The first-order valence-electron chi connectivity index (χ1n) is 18.7. The zero-order valence-electron chi connectivity index (χ0n) is 30.1. The average molecular weight is 740 g/mol. The lowest BCUT2D eigenvalue weighted by Crippen LogP contribution is -2.52. The number of phenolic OH excluding ortho intramolecular Hbond substituents is 1. The summed E-state index contributed by atoms with van der Waals surface area (Å²) in [4.78, 5) is 35.9. The number of rotatable bonds is 8. The van der Waals surface area contributed by atoms with Crippen LogP contribution in [0.1, 0.15) is 61.5 Å². The van der Waals surface area contributed by atoms with E-state index in [1.165, 1.54) is 5.56 Å². The van der Waals surface area contributed by atoms with Crippen LogP contribution in [-0.2, 0) is 37.2 Å². The third-order valence-corrected chi connectivity index (χ3v) is 11.3. The molecule has 2 amide bonds. The maximum absolute atomic E-state index is 15.0. The molecule has 1 saturated heterocycles. The number of nitrogens with zero attached hydrogens (tertiary/aromatic N) is 5. The molecule has 274 valence electrons. The molecule has 3 aliphatic rings. The van der Waals surface area contributed by atoms with Crippen molar-refractivity contribution >= 4 is 29.1 Å². The molecule has 0 unspecified atom stereocenters. The molecule has 0 aliphatic carbocycles. The number of nitriles is 1. The van der Waals surface area contributed by atoms with E-state index in [4.69, 9.17) is 16.3 Å². The first-order valence-corrected chi connectivity index (χ1v) is 19.0. The summed E-state index contributed by atoms with van der Waals surface area (Å²) in [5, 5.41) is 20.5. The predicted octanol–water partition coefficient (Wildman–Crippen LogP) is 7.47. The standard InChI is InChI=1S/C44H42ClN5O4/c45-34-12-17-38(43(52)50-27-32-9-3-1-7-30(32)23-36(50)29-47-19-21-54-22-20-47)39(24-34)42-25-40(41-11-5-6-18-48(41)42)44(53)49(35-13-15-37(51)16-14-35)28-33-10-4-2-8-31(33)26-46/h1-4,7-10,12-17,24-25,36,51H,5-6,11,18-23,27-29H2/t36-/m0/s1. The summed E-state index contributed by atoms with van der Waals surface area (Å²) in [6.07, 6.45) is 3.34. The van der Waals surface area contributed by atoms with E-state index in [2.05, 4.69) is 33.7 Å². The minimum Gasteiger partial charge on any atom is -0.508 e. The fourth-order valence-electron chi connectivity index (χ4n) is 8.22. The Morgan fingerprint density at radius 1 is 0.889 bits per heavy atom. The highest BCUT2D eigenvalue weighted by Crippen LogP contribution is 2.37. The van der Waals surface area contributed by atoms with Crippen molar-refractivity contribution in [2.24, 2.45) is 0 Å². The van der Waals surface area contributed by atoms with E-state index in [0.29, 0.717) is 71.3 Å². The number of halogens is 1. The fourth-order valence-corrected chi connectivity index (χ4v) is 8.39. The maximum Gasteiger partial charge on any atom is 0.260 e. The van der Waals surface area contributed by atoms with Gasteiger partial charge < -0.3 is 24.2 Å². The molecule has 1 aromatic heterocycles. The van der Waals surface area contributed by atoms with Gasteiger partial charge in [-0.3, -0.25) is 14.5 Å². The van der Waals surface area contributed by atoms with Crippen molar-refractivity contribution < 1.29 is 19.4 Å². The van der Waals surface area contributed by atoms with Gasteiger partial charge in [-0.05, 0) is 97.0 Å². The van der Waals surface area contributed by atoms with E-state index in [9.17, 15) is 20.0 Å². The molecule has 3 aliphatic heterocycles. The smallest absolute Gasteiger partial charge is 0.260 e. The Morgan fingerprint density at radius 2 is 1.65 bits per heavy atom. The highest BCUT2D eigenvalue weighted by molar-refractivity contribution is 6.31. The molecule has 4 aromatic carbocycles. The Hall–Kier alpha value is -5.40. The summed E-state index contributed by atoms with van der Waals surface area (Å²) < 4.78 is 7.82. The zero-order valence-corrected chi connectivity index (χ0v) is 30.8. The fraction of sp³-hybridized carbons (Fsp3) is 0.295. The van der Waals surface area contributed by atoms with Gasteiger partial charge in [0, 0.05) is 72.0 Å². The van der Waals surface area contributed by atoms with Gasteiger partial charge in [0.1, 0.15) is 5.75 Å². The third-order valence-electron chi connectivity index (χ3n) is 11.0. The van der Waals surface area contributed by atoms with Crippen molar-refractivity contribution in [1.82, 2.24) is 14.4 Å². The Bertz CT molecular complexity index is 2240. The van der Waals surface area contributed by atoms with Crippen molar-refractivity contribution in [3.05, 3.63) is 141 Å². The second kappa shape index (κ2) is 15.5. The number of phenols is 1. The number of carbonyl (C=O) groups excluding carboxylic acids is 2. The molecule has 1 N–H and O–H groups in total. The minimum atomic E-state index is -0.224. The van der Waals surface area contributed by atoms with E-state index in [-0.39, 0.29) is 30.2 Å². The number of hydrogen-bond acceptors (Lipinski definition) is 6. The Morgan fingerprint density at radius 3 is 2.44 bits per heavy atom. The van der Waals surface area contributed by atoms with Crippen molar-refractivity contribution in [3.8, 4) is 23.1 Å². The van der Waals surface area contributed by atoms with Crippen LogP contribution in [0.4, 0.5) is 5.69 Å². The third kappa shape index (κ3) is 7.13. The van der Waals surface area contributed by atoms with Crippen molar-refractivity contribution in [2.75, 3.05) is 37.7 Å². The van der Waals surface area contributed by atoms with E-state index in [1.54, 1.807) is 41.3 Å². The van der Waals surface area contributed by atoms with Gasteiger partial charge in [-0.1, -0.05) is 54.1 Å². The minimum absolute atomic E-state index is 0.0254. The van der Waals surface area contributed by atoms with Crippen molar-refractivity contribution in [3.63, 3.8) is 0 Å². The van der Waals surface area contributed by atoms with E-state index in [0.717, 1.165) is 55.8 Å². The first kappa shape index (κ1) is 35.6. The van der Waals surface area contributed by atoms with Gasteiger partial charge in [-0.2, -0.15) is 5.26 Å². The quantitative estimate of drug-likeness (QED) is 0.177. The number of aromatic nitrogens is 1. The highest BCUT2D eigenvalue weighted by atomic mass is 35.5. The molecule has 9 nitrogen and oxygen atoms in total. The molecule has 0 radical (unpaired) electrons. The summed E-state index contributed by atoms with van der Waals surface area (Å²) >= 11 is 6.72. The number of anilines is 1. The summed E-state index contributed by atoms with van der Waals surface area (Å²) in [6, 6.07) is 31.8. The molecule has 0 spiro atoms. The number of amides is 2. The normalized spacial score (nSPS) is 17.0. The summed E-state index contributed by atoms with van der Waals surface area (Å²) in [5.74, 6) is -0.194. The number of carbonyl (C=O) groups is 2. The van der Waals surface area contributed by atoms with Crippen LogP contribution in [0.3, 0.4) is 0 Å². The van der Waals surface area contributed by atoms with E-state index in [1.807, 2.05) is 47.4 Å². The molecule has 54 heavy (non-hydrogen) atoms. The molecule has 0 saturated carbocycles. The van der Waals surface area contributed by atoms with E-state index < -0.39 is 0 Å². The SMILES string of the molecule is N#Cc1ccccc1CN(C(=O)c1cc(-c2cc(Cl)ccc2C(=O)N2Cc3ccccc3C[C@H]2CN2CCOCC2)n2c1CCCC2)c1ccc(O)cc1. The average Bonchev–Trinajstić information content (AvgIpc) is 3.60. The topological polar surface area (TPSA) is 102 Å². The van der Waals surface area contributed by atoms with Crippen LogP contribution in [0, 0.1) is 11.3 Å². The van der Waals surface area contributed by atoms with Gasteiger partial charge in [-0.15, -0.1) is 0 Å². The molecule has 4 heterocycles. The van der Waals surface area contributed by atoms with Gasteiger partial charge in [0.15, 0.2) is 0 Å². The van der Waals surface area contributed by atoms with Gasteiger partial charge in [0.05, 0.1) is 37.0 Å². The lowest BCUT2D eigenvalue weighted by atomic mass is 9.92. The number of hydrogen-bond donors (Lipinski definition) is 1. The molecule has 0 bridgehead atoms. The molecular weight excluding hydrogens is 698 g/mol. The van der Waals surface area contributed by atoms with Crippen molar-refractivity contribution in [1.29, 1.82) is 5.26 Å². The molecule has 8 rings (SSSR count). The largest absolute Gasteiger partial charge is 0.508 e. The zero-order chi connectivity index (χ0) is 37.2. The molecule has 1 fully saturated rings. The summed E-state index contributed by atoms with van der Waals surface area (Å²) in [7, 11) is 0. The van der Waals surface area contributed by atoms with Crippen LogP contribution in [-0.4, -0.2) is 70.2 Å². The van der Waals surface area contributed by atoms with Gasteiger partial charge in [-0.25, -0.2) is 0 Å². The Labute approximate surface area is 320 Å². The molecule has 5 aromatic rings. The number of ether oxygens (including phenoxy) is 1. The van der Waals surface area contributed by atoms with Gasteiger partial charge >= 0.3 is 0 Å². The number of morpholine rings is 1. The van der Waals surface area contributed by atoms with Crippen LogP contribution < -0.4 is 4.90 Å². The highest BCUT2D eigenvalue weighted by Gasteiger charge is 2.35. The lowest BCUT2D eigenvalue weighted by Gasteiger charge is -2.40. The number of benzene rings is 4. The van der Waals surface area contributed by atoms with E-state index >= 15 is 0 Å². The lowest BCUT2D eigenvalue weighted by molar-refractivity contribution is 0.0193. The van der Waals surface area contributed by atoms with Crippen LogP contribution in [0.15, 0.2) is 97.1 Å². The Kier molecular flexibility index (Phi) is 10.2. The molecule has 10 heteroatoms. The Balaban J connectivity index is 1.20. The predicted molar refractivity (Wildman–Crippen MR) is 209 cm³/mol. The van der Waals surface area contributed by atoms with Crippen LogP contribution >= 0.6 is 11.6 Å². The van der Waals surface area contributed by atoms with Crippen LogP contribution in [0.5, 0.6) is 5.75 Å². The van der Waals surface area contributed by atoms with Crippen molar-refractivity contribution in [2.45, 2.75) is 51.4 Å². The molecular formula is C44H42ClN5O4.